The average molecular weight is 643 g/mol. The molecule has 11 nitrogen and oxygen atoms in total. The van der Waals surface area contributed by atoms with E-state index in [0.717, 1.165) is 29.8 Å². The Morgan fingerprint density at radius 2 is 1.72 bits per heavy atom. The van der Waals surface area contributed by atoms with Gasteiger partial charge in [0, 0.05) is 48.5 Å². The van der Waals surface area contributed by atoms with Crippen molar-refractivity contribution in [2.45, 2.75) is 64.2 Å². The van der Waals surface area contributed by atoms with Crippen molar-refractivity contribution in [2.75, 3.05) is 33.9 Å². The Labute approximate surface area is 275 Å². The molecule has 1 saturated heterocycles. The number of fused-ring (bicyclic) bond motifs is 3. The van der Waals surface area contributed by atoms with E-state index in [4.69, 9.17) is 19.2 Å². The number of non-ortho nitro benzene ring substituents is 1. The molecular formula is C36H42N4O7. The van der Waals surface area contributed by atoms with Gasteiger partial charge < -0.3 is 19.1 Å². The number of hydrogen-bond acceptors (Lipinski definition) is 9. The number of ether oxygens (including phenoxy) is 3. The second-order valence-electron chi connectivity index (χ2n) is 12.3. The molecule has 2 aliphatic rings. The van der Waals surface area contributed by atoms with Crippen LogP contribution in [0.25, 0.3) is 0 Å². The highest BCUT2D eigenvalue weighted by atomic mass is 16.6. The number of hydrogen-bond donors (Lipinski definition) is 0. The van der Waals surface area contributed by atoms with Crippen molar-refractivity contribution in [1.29, 1.82) is 0 Å². The Balaban J connectivity index is 1.34. The lowest BCUT2D eigenvalue weighted by Crippen LogP contribution is -2.46. The smallest absolute Gasteiger partial charge is 0.338 e. The van der Waals surface area contributed by atoms with Crippen LogP contribution in [-0.2, 0) is 4.74 Å². The maximum Gasteiger partial charge on any atom is 0.338 e. The number of methoxy groups -OCH3 is 1. The molecule has 3 aromatic rings. The van der Waals surface area contributed by atoms with E-state index < -0.39 is 16.9 Å². The normalized spacial score (nSPS) is 19.3. The van der Waals surface area contributed by atoms with Gasteiger partial charge in [-0.25, -0.2) is 4.79 Å². The van der Waals surface area contributed by atoms with Crippen molar-refractivity contribution < 1.29 is 28.7 Å². The minimum absolute atomic E-state index is 0.0256. The number of benzene rings is 3. The van der Waals surface area contributed by atoms with Crippen LogP contribution >= 0.6 is 0 Å². The molecule has 0 spiro atoms. The average Bonchev–Trinajstić information content (AvgIpc) is 3.07. The first-order chi connectivity index (χ1) is 22.5. The Hall–Kier alpha value is -4.77. The summed E-state index contributed by atoms with van der Waals surface area (Å²) in [7, 11) is 3.77. The van der Waals surface area contributed by atoms with Crippen LogP contribution in [-0.4, -0.2) is 84.9 Å². The number of esters is 1. The molecule has 1 amide bonds. The Bertz CT molecular complexity index is 1640. The molecule has 5 rings (SSSR count). The fourth-order valence-corrected chi connectivity index (χ4v) is 6.74. The molecule has 0 N–H and O–H groups in total. The predicted molar refractivity (Wildman–Crippen MR) is 179 cm³/mol. The molecule has 47 heavy (non-hydrogen) atoms. The SMILES string of the molecule is CCOc1cc2c(cc1OC)C=N[C@@H]1CCN(C)C(c3ccc(C(=O)N(C(C)C)[C@@H](C)COC(=O)c4ccc([N+](=O)[O-])cc4)cc3)[C@@H]21. The fraction of sp³-hybridized carbons (Fsp3) is 0.417. The van der Waals surface area contributed by atoms with Gasteiger partial charge in [-0.2, -0.15) is 0 Å². The molecule has 0 radical (unpaired) electrons. The summed E-state index contributed by atoms with van der Waals surface area (Å²) < 4.78 is 17.0. The van der Waals surface area contributed by atoms with Crippen molar-refractivity contribution in [2.24, 2.45) is 4.99 Å². The number of rotatable bonds is 11. The number of likely N-dealkylation sites (N-methyl/N-ethyl adjacent to an activating group) is 1. The van der Waals surface area contributed by atoms with Crippen LogP contribution in [0.1, 0.15) is 83.5 Å². The number of carbonyl (C=O) groups is 2. The van der Waals surface area contributed by atoms with E-state index in [1.807, 2.05) is 64.2 Å². The summed E-state index contributed by atoms with van der Waals surface area (Å²) in [5.41, 5.74) is 3.92. The summed E-state index contributed by atoms with van der Waals surface area (Å²) in [6.07, 6.45) is 2.89. The topological polar surface area (TPSA) is 124 Å². The van der Waals surface area contributed by atoms with Gasteiger partial charge in [0.15, 0.2) is 11.5 Å². The molecule has 4 atom stereocenters. The van der Waals surface area contributed by atoms with Crippen LogP contribution in [0.15, 0.2) is 65.7 Å². The minimum Gasteiger partial charge on any atom is -0.493 e. The molecule has 2 aliphatic heterocycles. The number of likely N-dealkylation sites (tertiary alicyclic amines) is 1. The van der Waals surface area contributed by atoms with Crippen LogP contribution in [0.3, 0.4) is 0 Å². The lowest BCUT2D eigenvalue weighted by Gasteiger charge is -2.45. The number of piperidine rings is 1. The van der Waals surface area contributed by atoms with Crippen LogP contribution in [0.5, 0.6) is 11.5 Å². The highest BCUT2D eigenvalue weighted by molar-refractivity contribution is 5.95. The molecule has 1 fully saturated rings. The molecule has 2 heterocycles. The molecule has 248 valence electrons. The van der Waals surface area contributed by atoms with E-state index in [1.165, 1.54) is 29.8 Å². The zero-order valence-electron chi connectivity index (χ0n) is 27.7. The van der Waals surface area contributed by atoms with Gasteiger partial charge >= 0.3 is 5.97 Å². The number of nitrogens with zero attached hydrogens (tertiary/aromatic N) is 4. The van der Waals surface area contributed by atoms with Crippen LogP contribution < -0.4 is 9.47 Å². The first kappa shape index (κ1) is 33.6. The van der Waals surface area contributed by atoms with Gasteiger partial charge in [0.25, 0.3) is 11.6 Å². The van der Waals surface area contributed by atoms with Crippen molar-refractivity contribution in [3.8, 4) is 11.5 Å². The predicted octanol–water partition coefficient (Wildman–Crippen LogP) is 6.06. The maximum atomic E-state index is 13.8. The zero-order valence-corrected chi connectivity index (χ0v) is 27.7. The van der Waals surface area contributed by atoms with E-state index in [0.29, 0.717) is 17.9 Å². The molecule has 0 bridgehead atoms. The summed E-state index contributed by atoms with van der Waals surface area (Å²) in [5, 5.41) is 10.9. The van der Waals surface area contributed by atoms with Gasteiger partial charge in [-0.15, -0.1) is 0 Å². The van der Waals surface area contributed by atoms with Gasteiger partial charge in [0.2, 0.25) is 0 Å². The summed E-state index contributed by atoms with van der Waals surface area (Å²) in [6, 6.07) is 16.7. The minimum atomic E-state index is -0.609. The van der Waals surface area contributed by atoms with Crippen molar-refractivity contribution in [1.82, 2.24) is 9.80 Å². The van der Waals surface area contributed by atoms with Crippen LogP contribution in [0.2, 0.25) is 0 Å². The highest BCUT2D eigenvalue weighted by Gasteiger charge is 2.41. The molecule has 0 saturated carbocycles. The first-order valence-corrected chi connectivity index (χ1v) is 16.0. The van der Waals surface area contributed by atoms with E-state index in [9.17, 15) is 19.7 Å². The molecule has 0 aliphatic carbocycles. The lowest BCUT2D eigenvalue weighted by molar-refractivity contribution is -0.384. The van der Waals surface area contributed by atoms with E-state index in [2.05, 4.69) is 18.0 Å². The number of carbonyl (C=O) groups excluding carboxylic acids is 2. The quantitative estimate of drug-likeness (QED) is 0.141. The van der Waals surface area contributed by atoms with Gasteiger partial charge in [0.1, 0.15) is 6.61 Å². The molecule has 0 aromatic heterocycles. The summed E-state index contributed by atoms with van der Waals surface area (Å²) >= 11 is 0. The van der Waals surface area contributed by atoms with E-state index in [-0.39, 0.29) is 47.8 Å². The molecule has 1 unspecified atom stereocenters. The van der Waals surface area contributed by atoms with Crippen molar-refractivity contribution in [3.05, 3.63) is 98.6 Å². The molecule has 11 heteroatoms. The van der Waals surface area contributed by atoms with Crippen molar-refractivity contribution >= 4 is 23.8 Å². The first-order valence-electron chi connectivity index (χ1n) is 16.0. The number of nitro groups is 1. The fourth-order valence-electron chi connectivity index (χ4n) is 6.74. The number of aliphatic imine (C=N–C) groups is 1. The van der Waals surface area contributed by atoms with Gasteiger partial charge in [-0.1, -0.05) is 12.1 Å². The second kappa shape index (κ2) is 14.3. The van der Waals surface area contributed by atoms with E-state index in [1.54, 1.807) is 12.0 Å². The second-order valence-corrected chi connectivity index (χ2v) is 12.3. The monoisotopic (exact) mass is 642 g/mol. The number of amides is 1. The highest BCUT2D eigenvalue weighted by Crippen LogP contribution is 2.48. The van der Waals surface area contributed by atoms with Gasteiger partial charge in [-0.3, -0.25) is 24.8 Å². The number of nitro benzene ring substituents is 1. The van der Waals surface area contributed by atoms with Crippen LogP contribution in [0.4, 0.5) is 5.69 Å². The Kier molecular flexibility index (Phi) is 10.2. The van der Waals surface area contributed by atoms with Crippen molar-refractivity contribution in [3.63, 3.8) is 0 Å². The summed E-state index contributed by atoms with van der Waals surface area (Å²) in [5.74, 6) is 0.725. The zero-order chi connectivity index (χ0) is 33.8. The van der Waals surface area contributed by atoms with Gasteiger partial charge in [-0.05, 0) is 94.3 Å². The standard InChI is InChI=1S/C36H42N4O7/c1-7-46-32-19-29-27(18-31(32)45-6)20-37-30-16-17-38(5)34(33(29)30)24-8-10-25(11-9-24)35(41)39(22(2)3)23(4)21-47-36(42)26-12-14-28(15-13-26)40(43)44/h8-15,18-20,22-23,30,33-34H,7,16-17,21H2,1-6H3/t23-,30+,33-,34?/m0/s1. The Morgan fingerprint density at radius 3 is 2.34 bits per heavy atom. The largest absolute Gasteiger partial charge is 0.493 e. The van der Waals surface area contributed by atoms with Gasteiger partial charge in [0.05, 0.1) is 36.3 Å². The van der Waals surface area contributed by atoms with Crippen LogP contribution in [0, 0.1) is 10.1 Å². The summed E-state index contributed by atoms with van der Waals surface area (Å²) in [4.78, 5) is 45.8. The molecule has 3 aromatic carbocycles. The lowest BCUT2D eigenvalue weighted by atomic mass is 9.74. The summed E-state index contributed by atoms with van der Waals surface area (Å²) in [6.45, 7) is 9.03. The van der Waals surface area contributed by atoms with E-state index >= 15 is 0 Å². The third kappa shape index (κ3) is 7.00. The third-order valence-corrected chi connectivity index (χ3v) is 8.97. The molecular weight excluding hydrogens is 600 g/mol. The third-order valence-electron chi connectivity index (χ3n) is 8.97. The Morgan fingerprint density at radius 1 is 1.04 bits per heavy atom. The maximum absolute atomic E-state index is 13.8.